The van der Waals surface area contributed by atoms with Gasteiger partial charge in [0.15, 0.2) is 7.98 Å². The van der Waals surface area contributed by atoms with Gasteiger partial charge in [0.1, 0.15) is 17.0 Å². The third-order valence-corrected chi connectivity index (χ3v) is 5.50. The van der Waals surface area contributed by atoms with Gasteiger partial charge in [0, 0.05) is 12.6 Å². The quantitative estimate of drug-likeness (QED) is 0.577. The summed E-state index contributed by atoms with van der Waals surface area (Å²) in [6.45, 7) is 4.32. The summed E-state index contributed by atoms with van der Waals surface area (Å²) in [6, 6.07) is 5.23. The first-order chi connectivity index (χ1) is 12.4. The van der Waals surface area contributed by atoms with Crippen LogP contribution in [0.1, 0.15) is 25.3 Å². The van der Waals surface area contributed by atoms with Gasteiger partial charge in [-0.15, -0.1) is 0 Å². The van der Waals surface area contributed by atoms with E-state index in [0.29, 0.717) is 30.9 Å². The Labute approximate surface area is 155 Å². The highest BCUT2D eigenvalue weighted by Crippen LogP contribution is 2.37. The minimum atomic E-state index is -0.693. The van der Waals surface area contributed by atoms with E-state index >= 15 is 0 Å². The van der Waals surface area contributed by atoms with Gasteiger partial charge in [-0.25, -0.2) is 4.79 Å². The van der Waals surface area contributed by atoms with Crippen molar-refractivity contribution >= 4 is 19.9 Å². The molecule has 1 aromatic carbocycles. The molecule has 2 aliphatic rings. The number of carbonyl (C=O) groups is 2. The molecule has 0 bridgehead atoms. The molecule has 2 fully saturated rings. The predicted octanol–water partition coefficient (Wildman–Crippen LogP) is 0.871. The van der Waals surface area contributed by atoms with E-state index in [1.165, 1.54) is 4.90 Å². The molecule has 0 radical (unpaired) electrons. The molecule has 3 rings (SSSR count). The second kappa shape index (κ2) is 7.19. The Kier molecular flexibility index (Phi) is 5.13. The fourth-order valence-corrected chi connectivity index (χ4v) is 3.97. The minimum absolute atomic E-state index is 0.0840. The fraction of sp³-hybridized carbons (Fsp3) is 0.556. The lowest BCUT2D eigenvalue weighted by atomic mass is 9.84. The molecule has 0 aliphatic carbocycles. The van der Waals surface area contributed by atoms with Crippen LogP contribution in [-0.4, -0.2) is 73.9 Å². The third-order valence-electron chi connectivity index (χ3n) is 5.50. The van der Waals surface area contributed by atoms with Gasteiger partial charge in [-0.1, -0.05) is 0 Å². The van der Waals surface area contributed by atoms with Crippen LogP contribution >= 0.6 is 0 Å². The summed E-state index contributed by atoms with van der Waals surface area (Å²) in [5.41, 5.74) is 0.116. The SMILES string of the molecule is BN1CCC2(CC1)C(=O)N(Cc1cc(OC)cc(OC)c1)C(=O)N2CC. The Bertz CT molecular complexity index is 681. The van der Waals surface area contributed by atoms with Crippen molar-refractivity contribution in [1.29, 1.82) is 0 Å². The van der Waals surface area contributed by atoms with Crippen LogP contribution in [0.5, 0.6) is 11.5 Å². The monoisotopic (exact) mass is 359 g/mol. The number of amides is 3. The predicted molar refractivity (Wildman–Crippen MR) is 100.0 cm³/mol. The van der Waals surface area contributed by atoms with Crippen LogP contribution in [0.3, 0.4) is 0 Å². The topological polar surface area (TPSA) is 62.3 Å². The molecule has 140 valence electrons. The number of rotatable bonds is 5. The number of benzene rings is 1. The fourth-order valence-electron chi connectivity index (χ4n) is 3.97. The molecular formula is C18H26BN3O4. The highest BCUT2D eigenvalue weighted by Gasteiger charge is 2.56. The number of urea groups is 1. The zero-order chi connectivity index (χ0) is 18.9. The number of carbonyl (C=O) groups excluding carboxylic acids is 2. The summed E-state index contributed by atoms with van der Waals surface area (Å²) in [7, 11) is 5.21. The second-order valence-electron chi connectivity index (χ2n) is 6.97. The maximum absolute atomic E-state index is 13.3. The molecule has 1 spiro atoms. The zero-order valence-corrected chi connectivity index (χ0v) is 15.9. The van der Waals surface area contributed by atoms with E-state index in [9.17, 15) is 9.59 Å². The molecule has 0 atom stereocenters. The van der Waals surface area contributed by atoms with Crippen LogP contribution in [0.2, 0.25) is 0 Å². The normalized spacial score (nSPS) is 20.1. The summed E-state index contributed by atoms with van der Waals surface area (Å²) >= 11 is 0. The van der Waals surface area contributed by atoms with Crippen LogP contribution in [0.15, 0.2) is 18.2 Å². The van der Waals surface area contributed by atoms with Crippen molar-refractivity contribution in [2.24, 2.45) is 0 Å². The highest BCUT2D eigenvalue weighted by atomic mass is 16.5. The van der Waals surface area contributed by atoms with Crippen molar-refractivity contribution in [2.75, 3.05) is 33.9 Å². The van der Waals surface area contributed by atoms with Crippen molar-refractivity contribution in [2.45, 2.75) is 31.8 Å². The molecule has 1 aromatic rings. The van der Waals surface area contributed by atoms with Crippen LogP contribution in [-0.2, 0) is 11.3 Å². The van der Waals surface area contributed by atoms with Crippen LogP contribution in [0.25, 0.3) is 0 Å². The summed E-state index contributed by atoms with van der Waals surface area (Å²) in [4.78, 5) is 31.6. The summed E-state index contributed by atoms with van der Waals surface area (Å²) in [6.07, 6.45) is 1.36. The maximum Gasteiger partial charge on any atom is 0.327 e. The molecule has 3 amide bonds. The number of hydrogen-bond donors (Lipinski definition) is 0. The summed E-state index contributed by atoms with van der Waals surface area (Å²) < 4.78 is 10.6. The second-order valence-corrected chi connectivity index (χ2v) is 6.97. The first-order valence-corrected chi connectivity index (χ1v) is 8.99. The molecule has 0 unspecified atom stereocenters. The first-order valence-electron chi connectivity index (χ1n) is 8.99. The molecule has 26 heavy (non-hydrogen) atoms. The zero-order valence-electron chi connectivity index (χ0n) is 15.9. The van der Waals surface area contributed by atoms with E-state index in [0.717, 1.165) is 18.7 Å². The molecule has 8 heteroatoms. The molecule has 2 aliphatic heterocycles. The average molecular weight is 359 g/mol. The number of hydrogen-bond acceptors (Lipinski definition) is 5. The van der Waals surface area contributed by atoms with E-state index in [4.69, 9.17) is 9.47 Å². The molecule has 2 saturated heterocycles. The number of imide groups is 1. The van der Waals surface area contributed by atoms with E-state index in [1.807, 2.05) is 27.0 Å². The van der Waals surface area contributed by atoms with Gasteiger partial charge >= 0.3 is 6.03 Å². The molecular weight excluding hydrogens is 333 g/mol. The standard InChI is InChI=1S/C18H26BN3O4/c1-4-22-17(24)21(16(23)18(22)5-7-20(19)8-6-18)12-13-9-14(25-2)11-15(10-13)26-3/h9-11H,4-8,12,19H2,1-3H3. The van der Waals surface area contributed by atoms with E-state index in [-0.39, 0.29) is 18.5 Å². The lowest BCUT2D eigenvalue weighted by molar-refractivity contribution is -0.135. The van der Waals surface area contributed by atoms with Gasteiger partial charge in [-0.05, 0) is 50.6 Å². The van der Waals surface area contributed by atoms with Crippen molar-refractivity contribution in [3.8, 4) is 11.5 Å². The van der Waals surface area contributed by atoms with Crippen molar-refractivity contribution in [3.63, 3.8) is 0 Å². The Morgan fingerprint density at radius 3 is 2.15 bits per heavy atom. The lowest BCUT2D eigenvalue weighted by Crippen LogP contribution is -2.56. The Morgan fingerprint density at radius 2 is 1.65 bits per heavy atom. The number of nitrogens with zero attached hydrogens (tertiary/aromatic N) is 3. The number of piperidine rings is 1. The van der Waals surface area contributed by atoms with Gasteiger partial charge in [-0.3, -0.25) is 9.69 Å². The van der Waals surface area contributed by atoms with Gasteiger partial charge < -0.3 is 19.2 Å². The maximum atomic E-state index is 13.3. The Balaban J connectivity index is 1.89. The minimum Gasteiger partial charge on any atom is -0.497 e. The lowest BCUT2D eigenvalue weighted by Gasteiger charge is -2.41. The molecule has 2 heterocycles. The molecule has 0 aromatic heterocycles. The number of likely N-dealkylation sites (N-methyl/N-ethyl adjacent to an activating group) is 1. The van der Waals surface area contributed by atoms with Crippen molar-refractivity contribution < 1.29 is 19.1 Å². The smallest absolute Gasteiger partial charge is 0.327 e. The summed E-state index contributed by atoms with van der Waals surface area (Å²) in [5, 5.41) is 0. The Morgan fingerprint density at radius 1 is 1.08 bits per heavy atom. The van der Waals surface area contributed by atoms with Gasteiger partial charge in [0.25, 0.3) is 5.91 Å². The van der Waals surface area contributed by atoms with E-state index < -0.39 is 5.54 Å². The average Bonchev–Trinajstić information content (AvgIpc) is 2.84. The molecule has 7 nitrogen and oxygen atoms in total. The van der Waals surface area contributed by atoms with Crippen LogP contribution in [0.4, 0.5) is 4.79 Å². The van der Waals surface area contributed by atoms with Gasteiger partial charge in [0.05, 0.1) is 20.8 Å². The van der Waals surface area contributed by atoms with Crippen LogP contribution < -0.4 is 9.47 Å². The van der Waals surface area contributed by atoms with Gasteiger partial charge in [-0.2, -0.15) is 0 Å². The van der Waals surface area contributed by atoms with Crippen molar-refractivity contribution in [1.82, 2.24) is 14.6 Å². The number of ether oxygens (including phenoxy) is 2. The van der Waals surface area contributed by atoms with Crippen LogP contribution in [0, 0.1) is 0 Å². The van der Waals surface area contributed by atoms with E-state index in [1.54, 1.807) is 25.2 Å². The summed E-state index contributed by atoms with van der Waals surface area (Å²) in [5.74, 6) is 1.19. The Hall–Kier alpha value is -2.22. The molecule has 0 N–H and O–H groups in total. The third kappa shape index (κ3) is 3.02. The number of methoxy groups -OCH3 is 2. The highest BCUT2D eigenvalue weighted by molar-refractivity contribution is 6.08. The van der Waals surface area contributed by atoms with E-state index in [2.05, 4.69) is 4.81 Å². The first kappa shape index (κ1) is 18.6. The largest absolute Gasteiger partial charge is 0.497 e. The molecule has 0 saturated carbocycles. The van der Waals surface area contributed by atoms with Crippen molar-refractivity contribution in [3.05, 3.63) is 23.8 Å². The van der Waals surface area contributed by atoms with Gasteiger partial charge in [0.2, 0.25) is 0 Å².